The third-order valence-electron chi connectivity index (χ3n) is 4.19. The van der Waals surface area contributed by atoms with E-state index < -0.39 is 30.7 Å². The second kappa shape index (κ2) is 8.66. The summed E-state index contributed by atoms with van der Waals surface area (Å²) in [4.78, 5) is 9.82. The van der Waals surface area contributed by atoms with Crippen LogP contribution in [-0.4, -0.2) is 39.2 Å². The molecule has 0 aliphatic heterocycles. The number of halogens is 1. The maximum absolute atomic E-state index is 12.8. The minimum Gasteiger partial charge on any atom is -0.280 e. The van der Waals surface area contributed by atoms with E-state index in [-0.39, 0.29) is 33.6 Å². The summed E-state index contributed by atoms with van der Waals surface area (Å²) in [6.07, 6.45) is 0. The molecule has 1 N–H and O–H groups in total. The van der Waals surface area contributed by atoms with E-state index in [1.807, 2.05) is 0 Å². The predicted molar refractivity (Wildman–Crippen MR) is 110 cm³/mol. The molecule has 2 rings (SSSR count). The van der Waals surface area contributed by atoms with Crippen LogP contribution in [0.4, 0.5) is 11.4 Å². The van der Waals surface area contributed by atoms with Gasteiger partial charge < -0.3 is 0 Å². The fraction of sp³-hybridized carbons (Fsp3) is 0.294. The van der Waals surface area contributed by atoms with Crippen molar-refractivity contribution in [2.75, 3.05) is 17.8 Å². The van der Waals surface area contributed by atoms with Gasteiger partial charge in [0.25, 0.3) is 15.7 Å². The summed E-state index contributed by atoms with van der Waals surface area (Å²) in [5.41, 5.74) is -0.0795. The Bertz CT molecular complexity index is 1150. The van der Waals surface area contributed by atoms with Crippen LogP contribution in [0, 0.1) is 17.0 Å². The summed E-state index contributed by atoms with van der Waals surface area (Å²) in [6, 6.07) is 7.20. The number of sulfonamides is 2. The summed E-state index contributed by atoms with van der Waals surface area (Å²) in [7, 11) is -8.02. The molecule has 0 fully saturated rings. The molecule has 0 aliphatic carbocycles. The topological polar surface area (TPSA) is 127 Å². The molecule has 29 heavy (non-hydrogen) atoms. The number of benzene rings is 2. The van der Waals surface area contributed by atoms with Gasteiger partial charge in [-0.3, -0.25) is 14.8 Å². The van der Waals surface area contributed by atoms with Crippen LogP contribution in [0.15, 0.2) is 46.2 Å². The molecule has 0 aromatic heterocycles. The third-order valence-corrected chi connectivity index (χ3v) is 8.08. The van der Waals surface area contributed by atoms with Gasteiger partial charge in [0.2, 0.25) is 10.0 Å². The Balaban J connectivity index is 2.48. The van der Waals surface area contributed by atoms with Crippen LogP contribution in [0.1, 0.15) is 19.4 Å². The Morgan fingerprint density at radius 2 is 1.69 bits per heavy atom. The van der Waals surface area contributed by atoms with E-state index in [2.05, 4.69) is 4.72 Å². The minimum absolute atomic E-state index is 0.0129. The van der Waals surface area contributed by atoms with Crippen molar-refractivity contribution < 1.29 is 21.8 Å². The second-order valence-electron chi connectivity index (χ2n) is 6.05. The van der Waals surface area contributed by atoms with Gasteiger partial charge in [-0.2, -0.15) is 4.31 Å². The zero-order valence-electron chi connectivity index (χ0n) is 15.9. The lowest BCUT2D eigenvalue weighted by molar-refractivity contribution is -0.384. The van der Waals surface area contributed by atoms with Crippen LogP contribution in [0.2, 0.25) is 5.02 Å². The smallest absolute Gasteiger partial charge is 0.280 e. The summed E-state index contributed by atoms with van der Waals surface area (Å²) in [6.45, 7) is 5.55. The van der Waals surface area contributed by atoms with Crippen molar-refractivity contribution in [3.63, 3.8) is 0 Å². The van der Waals surface area contributed by atoms with E-state index in [9.17, 15) is 26.9 Å². The van der Waals surface area contributed by atoms with Gasteiger partial charge >= 0.3 is 0 Å². The third kappa shape index (κ3) is 4.86. The molecule has 12 heteroatoms. The molecule has 158 valence electrons. The number of anilines is 1. The molecule has 0 spiro atoms. The van der Waals surface area contributed by atoms with Gasteiger partial charge in [-0.15, -0.1) is 0 Å². The molecular weight excluding hydrogens is 442 g/mol. The first-order chi connectivity index (χ1) is 13.4. The number of hydrogen-bond acceptors (Lipinski definition) is 6. The molecular formula is C17H20ClN3O6S2. The molecule has 0 radical (unpaired) electrons. The number of aryl methyl sites for hydroxylation is 1. The molecule has 0 bridgehead atoms. The summed E-state index contributed by atoms with van der Waals surface area (Å²) >= 11 is 5.72. The summed E-state index contributed by atoms with van der Waals surface area (Å²) < 4.78 is 54.4. The van der Waals surface area contributed by atoms with E-state index in [0.29, 0.717) is 5.56 Å². The van der Waals surface area contributed by atoms with Gasteiger partial charge in [0.1, 0.15) is 5.02 Å². The number of rotatable bonds is 8. The molecule has 0 heterocycles. The van der Waals surface area contributed by atoms with Gasteiger partial charge in [0, 0.05) is 19.2 Å². The molecule has 9 nitrogen and oxygen atoms in total. The molecule has 0 saturated carbocycles. The number of nitrogens with one attached hydrogen (secondary N) is 1. The fourth-order valence-electron chi connectivity index (χ4n) is 2.66. The van der Waals surface area contributed by atoms with Gasteiger partial charge in [-0.05, 0) is 36.8 Å². The lowest BCUT2D eigenvalue weighted by Gasteiger charge is -2.20. The van der Waals surface area contributed by atoms with Gasteiger partial charge in [-0.1, -0.05) is 31.5 Å². The van der Waals surface area contributed by atoms with Crippen molar-refractivity contribution in [2.24, 2.45) is 0 Å². The van der Waals surface area contributed by atoms with Crippen molar-refractivity contribution in [1.82, 2.24) is 4.31 Å². The maximum atomic E-state index is 12.8. The SMILES string of the molecule is CCN(CC)S(=O)(=O)c1cc(NS(=O)(=O)c2ccc(Cl)c([N+](=O)[O-])c2)ccc1C. The molecule has 0 saturated heterocycles. The van der Waals surface area contributed by atoms with Crippen LogP contribution in [0.25, 0.3) is 0 Å². The quantitative estimate of drug-likeness (QED) is 0.474. The zero-order chi connectivity index (χ0) is 22.0. The van der Waals surface area contributed by atoms with E-state index in [1.165, 1.54) is 22.5 Å². The Hall–Kier alpha value is -2.21. The van der Waals surface area contributed by atoms with Crippen LogP contribution < -0.4 is 4.72 Å². The monoisotopic (exact) mass is 461 g/mol. The number of nitrogens with zero attached hydrogens (tertiary/aromatic N) is 2. The van der Waals surface area contributed by atoms with Crippen LogP contribution in [0.5, 0.6) is 0 Å². The normalized spacial score (nSPS) is 12.2. The largest absolute Gasteiger partial charge is 0.289 e. The fourth-order valence-corrected chi connectivity index (χ4v) is 5.62. The average molecular weight is 462 g/mol. The Morgan fingerprint density at radius 3 is 2.24 bits per heavy atom. The average Bonchev–Trinajstić information content (AvgIpc) is 2.63. The van der Waals surface area contributed by atoms with Crippen molar-refractivity contribution in [2.45, 2.75) is 30.6 Å². The van der Waals surface area contributed by atoms with Gasteiger partial charge in [0.05, 0.1) is 20.4 Å². The van der Waals surface area contributed by atoms with E-state index in [1.54, 1.807) is 20.8 Å². The summed E-state index contributed by atoms with van der Waals surface area (Å²) in [5.74, 6) is 0. The number of hydrogen-bond donors (Lipinski definition) is 1. The standard InChI is InChI=1S/C17H20ClN3O6S2/c1-4-20(5-2)29(26,27)17-10-13(7-6-12(17)3)19-28(24,25)14-8-9-15(18)16(11-14)21(22)23/h6-11,19H,4-5H2,1-3H3. The number of nitro groups is 1. The van der Waals surface area contributed by atoms with Crippen LogP contribution in [-0.2, 0) is 20.0 Å². The van der Waals surface area contributed by atoms with Crippen molar-refractivity contribution >= 4 is 43.0 Å². The lowest BCUT2D eigenvalue weighted by Crippen LogP contribution is -2.31. The Kier molecular flexibility index (Phi) is 6.89. The van der Waals surface area contributed by atoms with E-state index in [4.69, 9.17) is 11.6 Å². The van der Waals surface area contributed by atoms with Crippen LogP contribution in [0.3, 0.4) is 0 Å². The van der Waals surface area contributed by atoms with Crippen molar-refractivity contribution in [3.8, 4) is 0 Å². The summed E-state index contributed by atoms with van der Waals surface area (Å²) in [5, 5.41) is 10.8. The maximum Gasteiger partial charge on any atom is 0.289 e. The Morgan fingerprint density at radius 1 is 1.07 bits per heavy atom. The highest BCUT2D eigenvalue weighted by molar-refractivity contribution is 7.92. The molecule has 0 aliphatic rings. The van der Waals surface area contributed by atoms with E-state index in [0.717, 1.165) is 18.2 Å². The predicted octanol–water partition coefficient (Wildman–Crippen LogP) is 3.39. The molecule has 0 atom stereocenters. The number of nitro benzene ring substituents is 1. The minimum atomic E-state index is -4.21. The van der Waals surface area contributed by atoms with Gasteiger partial charge in [0.15, 0.2) is 0 Å². The molecule has 0 amide bonds. The van der Waals surface area contributed by atoms with Crippen molar-refractivity contribution in [3.05, 3.63) is 57.1 Å². The second-order valence-corrected chi connectivity index (χ2v) is 10.0. The first-order valence-corrected chi connectivity index (χ1v) is 11.8. The van der Waals surface area contributed by atoms with Gasteiger partial charge in [-0.25, -0.2) is 16.8 Å². The van der Waals surface area contributed by atoms with Crippen molar-refractivity contribution in [1.29, 1.82) is 0 Å². The highest BCUT2D eigenvalue weighted by Crippen LogP contribution is 2.29. The molecule has 2 aromatic carbocycles. The zero-order valence-corrected chi connectivity index (χ0v) is 18.3. The highest BCUT2D eigenvalue weighted by Gasteiger charge is 2.25. The van der Waals surface area contributed by atoms with Crippen LogP contribution >= 0.6 is 11.6 Å². The molecule has 2 aromatic rings. The lowest BCUT2D eigenvalue weighted by atomic mass is 10.2. The highest BCUT2D eigenvalue weighted by atomic mass is 35.5. The first kappa shape index (κ1) is 23.1. The van der Waals surface area contributed by atoms with E-state index >= 15 is 0 Å². The Labute approximate surface area is 174 Å². The molecule has 0 unspecified atom stereocenters. The first-order valence-electron chi connectivity index (χ1n) is 8.51.